The van der Waals surface area contributed by atoms with Crippen LogP contribution < -0.4 is 10.9 Å². The lowest BCUT2D eigenvalue weighted by Gasteiger charge is -2.09. The van der Waals surface area contributed by atoms with Crippen molar-refractivity contribution in [2.45, 2.75) is 26.2 Å². The Labute approximate surface area is 111 Å². The van der Waals surface area contributed by atoms with Crippen LogP contribution in [0.25, 0.3) is 5.65 Å². The zero-order chi connectivity index (χ0) is 13.2. The van der Waals surface area contributed by atoms with Crippen molar-refractivity contribution in [3.05, 3.63) is 47.6 Å². The molecule has 0 fully saturated rings. The van der Waals surface area contributed by atoms with Crippen LogP contribution in [-0.4, -0.2) is 15.3 Å². The van der Waals surface area contributed by atoms with Gasteiger partial charge in [-0.3, -0.25) is 14.6 Å². The monoisotopic (exact) mass is 256 g/mol. The molecule has 5 heteroatoms. The first-order valence-corrected chi connectivity index (χ1v) is 6.45. The molecule has 1 amide bonds. The number of aromatic nitrogens is 2. The van der Waals surface area contributed by atoms with Crippen molar-refractivity contribution in [2.24, 2.45) is 0 Å². The van der Waals surface area contributed by atoms with Gasteiger partial charge in [-0.1, -0.05) is 12.1 Å². The maximum absolute atomic E-state index is 12.2. The van der Waals surface area contributed by atoms with Gasteiger partial charge in [-0.05, 0) is 38.3 Å². The van der Waals surface area contributed by atoms with E-state index in [0.29, 0.717) is 5.69 Å². The molecule has 0 saturated heterocycles. The maximum Gasteiger partial charge on any atom is 0.288 e. The van der Waals surface area contributed by atoms with Gasteiger partial charge >= 0.3 is 0 Å². The minimum atomic E-state index is -0.163. The smallest absolute Gasteiger partial charge is 0.288 e. The molecule has 98 valence electrons. The van der Waals surface area contributed by atoms with E-state index in [-0.39, 0.29) is 5.91 Å². The molecule has 0 saturated carbocycles. The number of amides is 1. The maximum atomic E-state index is 12.2. The third-order valence-electron chi connectivity index (χ3n) is 3.30. The van der Waals surface area contributed by atoms with Crippen LogP contribution in [0, 0.1) is 6.92 Å². The molecular weight excluding hydrogens is 240 g/mol. The highest BCUT2D eigenvalue weighted by atomic mass is 16.2. The van der Waals surface area contributed by atoms with E-state index >= 15 is 0 Å². The van der Waals surface area contributed by atoms with Crippen LogP contribution in [0.2, 0.25) is 0 Å². The minimum absolute atomic E-state index is 0.163. The Hall–Kier alpha value is -2.30. The number of carbonyl (C=O) groups excluding carboxylic acids is 1. The number of hydrogen-bond acceptors (Lipinski definition) is 3. The Bertz CT molecular complexity index is 657. The second kappa shape index (κ2) is 4.76. The lowest BCUT2D eigenvalue weighted by atomic mass is 10.3. The Morgan fingerprint density at radius 2 is 2.32 bits per heavy atom. The number of carbonyl (C=O) groups is 1. The minimum Gasteiger partial charge on any atom is -0.303 e. The van der Waals surface area contributed by atoms with E-state index in [2.05, 4.69) is 21.9 Å². The molecule has 2 heterocycles. The summed E-state index contributed by atoms with van der Waals surface area (Å²) in [5.41, 5.74) is 8.89. The highest BCUT2D eigenvalue weighted by molar-refractivity contribution is 5.94. The molecule has 0 radical (unpaired) electrons. The van der Waals surface area contributed by atoms with Crippen LogP contribution in [0.1, 0.15) is 35.4 Å². The van der Waals surface area contributed by atoms with Crippen molar-refractivity contribution in [1.29, 1.82) is 0 Å². The first-order chi connectivity index (χ1) is 9.25. The average Bonchev–Trinajstić information content (AvgIpc) is 3.02. The standard InChI is InChI=1S/C14H16N4O/c1-10-13(18-9-5-4-8-12(18)15-10)14(19)17-16-11-6-2-3-7-11/h4-6,8-9,16H,2-3,7H2,1H3,(H,17,19). The van der Waals surface area contributed by atoms with Crippen LogP contribution in [0.5, 0.6) is 0 Å². The number of pyridine rings is 1. The van der Waals surface area contributed by atoms with E-state index in [1.807, 2.05) is 31.3 Å². The van der Waals surface area contributed by atoms with Gasteiger partial charge in [0.2, 0.25) is 0 Å². The number of hydrazine groups is 1. The van der Waals surface area contributed by atoms with E-state index in [4.69, 9.17) is 0 Å². The predicted octanol–water partition coefficient (Wildman–Crippen LogP) is 1.94. The van der Waals surface area contributed by atoms with Crippen LogP contribution in [0.3, 0.4) is 0 Å². The van der Waals surface area contributed by atoms with Gasteiger partial charge in [0.15, 0.2) is 0 Å². The van der Waals surface area contributed by atoms with Crippen molar-refractivity contribution in [1.82, 2.24) is 20.2 Å². The first kappa shape index (κ1) is 11.8. The lowest BCUT2D eigenvalue weighted by molar-refractivity contribution is 0.0932. The summed E-state index contributed by atoms with van der Waals surface area (Å²) in [5, 5.41) is 0. The molecule has 0 aliphatic heterocycles. The number of fused-ring (bicyclic) bond motifs is 1. The van der Waals surface area contributed by atoms with Gasteiger partial charge in [-0.15, -0.1) is 0 Å². The van der Waals surface area contributed by atoms with Crippen molar-refractivity contribution in [2.75, 3.05) is 0 Å². The number of imidazole rings is 1. The molecule has 1 aliphatic carbocycles. The Morgan fingerprint density at radius 3 is 3.11 bits per heavy atom. The van der Waals surface area contributed by atoms with Gasteiger partial charge in [-0.25, -0.2) is 4.98 Å². The second-order valence-corrected chi connectivity index (χ2v) is 4.68. The van der Waals surface area contributed by atoms with E-state index in [1.54, 1.807) is 4.40 Å². The molecule has 5 nitrogen and oxygen atoms in total. The van der Waals surface area contributed by atoms with Gasteiger partial charge in [0.1, 0.15) is 11.3 Å². The van der Waals surface area contributed by atoms with Gasteiger partial charge in [-0.2, -0.15) is 0 Å². The molecule has 0 atom stereocenters. The third kappa shape index (κ3) is 2.19. The van der Waals surface area contributed by atoms with Crippen LogP contribution >= 0.6 is 0 Å². The highest BCUT2D eigenvalue weighted by Crippen LogP contribution is 2.14. The molecular formula is C14H16N4O. The summed E-state index contributed by atoms with van der Waals surface area (Å²) >= 11 is 0. The van der Waals surface area contributed by atoms with Gasteiger partial charge in [0.25, 0.3) is 5.91 Å². The normalized spacial score (nSPS) is 14.5. The summed E-state index contributed by atoms with van der Waals surface area (Å²) < 4.78 is 1.80. The van der Waals surface area contributed by atoms with E-state index in [9.17, 15) is 4.79 Å². The summed E-state index contributed by atoms with van der Waals surface area (Å²) in [5.74, 6) is -0.163. The Morgan fingerprint density at radius 1 is 1.42 bits per heavy atom. The Balaban J connectivity index is 1.82. The van der Waals surface area contributed by atoms with E-state index in [0.717, 1.165) is 36.3 Å². The summed E-state index contributed by atoms with van der Waals surface area (Å²) in [6.07, 6.45) is 7.17. The largest absolute Gasteiger partial charge is 0.303 e. The summed E-state index contributed by atoms with van der Waals surface area (Å²) in [6.45, 7) is 1.84. The SMILES string of the molecule is Cc1nc2ccccn2c1C(=O)NNC1=CCCC1. The zero-order valence-electron chi connectivity index (χ0n) is 10.8. The molecule has 0 aromatic carbocycles. The third-order valence-corrected chi connectivity index (χ3v) is 3.30. The molecule has 0 unspecified atom stereocenters. The van der Waals surface area contributed by atoms with Crippen molar-refractivity contribution in [3.63, 3.8) is 0 Å². The lowest BCUT2D eigenvalue weighted by Crippen LogP contribution is -2.37. The summed E-state index contributed by atoms with van der Waals surface area (Å²) in [4.78, 5) is 16.6. The molecule has 2 aromatic rings. The molecule has 2 aromatic heterocycles. The number of rotatable bonds is 3. The van der Waals surface area contributed by atoms with Crippen molar-refractivity contribution >= 4 is 11.6 Å². The fourth-order valence-corrected chi connectivity index (χ4v) is 2.37. The van der Waals surface area contributed by atoms with Gasteiger partial charge < -0.3 is 5.43 Å². The van der Waals surface area contributed by atoms with Crippen LogP contribution in [-0.2, 0) is 0 Å². The van der Waals surface area contributed by atoms with E-state index in [1.165, 1.54) is 0 Å². The zero-order valence-corrected chi connectivity index (χ0v) is 10.8. The molecule has 3 rings (SSSR count). The molecule has 19 heavy (non-hydrogen) atoms. The summed E-state index contributed by atoms with van der Waals surface area (Å²) in [6, 6.07) is 5.68. The second-order valence-electron chi connectivity index (χ2n) is 4.68. The summed E-state index contributed by atoms with van der Waals surface area (Å²) in [7, 11) is 0. The topological polar surface area (TPSA) is 58.4 Å². The molecule has 0 bridgehead atoms. The molecule has 0 spiro atoms. The number of nitrogens with zero attached hydrogens (tertiary/aromatic N) is 2. The Kier molecular flexibility index (Phi) is 2.95. The number of nitrogens with one attached hydrogen (secondary N) is 2. The first-order valence-electron chi connectivity index (χ1n) is 6.45. The van der Waals surface area contributed by atoms with E-state index < -0.39 is 0 Å². The molecule has 1 aliphatic rings. The average molecular weight is 256 g/mol. The van der Waals surface area contributed by atoms with Crippen molar-refractivity contribution < 1.29 is 4.79 Å². The fraction of sp³-hybridized carbons (Fsp3) is 0.286. The number of aryl methyl sites for hydroxylation is 1. The van der Waals surface area contributed by atoms with Gasteiger partial charge in [0, 0.05) is 11.9 Å². The number of allylic oxidation sites excluding steroid dienone is 2. The highest BCUT2D eigenvalue weighted by Gasteiger charge is 2.16. The molecule has 2 N–H and O–H groups in total. The van der Waals surface area contributed by atoms with Crippen LogP contribution in [0.15, 0.2) is 36.2 Å². The predicted molar refractivity (Wildman–Crippen MR) is 72.5 cm³/mol. The number of hydrogen-bond donors (Lipinski definition) is 2. The van der Waals surface area contributed by atoms with Crippen molar-refractivity contribution in [3.8, 4) is 0 Å². The quantitative estimate of drug-likeness (QED) is 0.825. The van der Waals surface area contributed by atoms with Crippen LogP contribution in [0.4, 0.5) is 0 Å². The van der Waals surface area contributed by atoms with Gasteiger partial charge in [0.05, 0.1) is 5.69 Å². The fourth-order valence-electron chi connectivity index (χ4n) is 2.37.